The number of fused-ring (bicyclic) bond motifs is 1. The van der Waals surface area contributed by atoms with Crippen molar-refractivity contribution in [2.24, 2.45) is 5.16 Å². The first kappa shape index (κ1) is 12.4. The Bertz CT molecular complexity index is 618. The molecule has 0 saturated heterocycles. The number of carboxylic acid groups (broad SMARTS) is 1. The van der Waals surface area contributed by atoms with Crippen LogP contribution < -0.4 is 4.74 Å². The Labute approximate surface area is 107 Å². The second-order valence-corrected chi connectivity index (χ2v) is 4.35. The molecule has 2 rings (SSSR count). The van der Waals surface area contributed by atoms with E-state index in [0.29, 0.717) is 11.3 Å². The Morgan fingerprint density at radius 2 is 2.17 bits per heavy atom. The van der Waals surface area contributed by atoms with E-state index < -0.39 is 5.97 Å². The van der Waals surface area contributed by atoms with Crippen molar-refractivity contribution in [2.45, 2.75) is 0 Å². The molecule has 1 N–H and O–H groups in total. The maximum Gasteiger partial charge on any atom is 0.358 e. The zero-order valence-corrected chi connectivity index (χ0v) is 10.7. The van der Waals surface area contributed by atoms with Crippen LogP contribution in [0, 0.1) is 0 Å². The molecule has 0 amide bonds. The number of rotatable bonds is 4. The van der Waals surface area contributed by atoms with Crippen LogP contribution in [0.1, 0.15) is 5.56 Å². The third kappa shape index (κ3) is 2.14. The number of hydrogen-bond donors (Lipinski definition) is 1. The third-order valence-corrected chi connectivity index (χ3v) is 3.38. The molecule has 0 fully saturated rings. The van der Waals surface area contributed by atoms with Crippen LogP contribution >= 0.6 is 11.3 Å². The molecule has 6 heteroatoms. The molecular formula is C12H11NO4S. The third-order valence-electron chi connectivity index (χ3n) is 2.42. The van der Waals surface area contributed by atoms with Crippen LogP contribution in [-0.4, -0.2) is 31.0 Å². The number of benzene rings is 1. The fourth-order valence-corrected chi connectivity index (χ4v) is 2.54. The van der Waals surface area contributed by atoms with Gasteiger partial charge in [0.25, 0.3) is 0 Å². The normalized spacial score (nSPS) is 11.6. The number of methoxy groups -OCH3 is 1. The van der Waals surface area contributed by atoms with Gasteiger partial charge in [-0.25, -0.2) is 4.79 Å². The van der Waals surface area contributed by atoms with Crippen LogP contribution in [0.15, 0.2) is 28.7 Å². The Hall–Kier alpha value is -2.08. The number of carboxylic acids is 1. The summed E-state index contributed by atoms with van der Waals surface area (Å²) < 4.78 is 6.10. The van der Waals surface area contributed by atoms with Crippen LogP contribution in [0.3, 0.4) is 0 Å². The average molecular weight is 265 g/mol. The standard InChI is InChI=1S/C12H11NO4S/c1-16-7-3-4-10-8(5-7)9(6-18-10)11(12(14)15)13-17-2/h3-6H,1-2H3,(H,14,15). The second-order valence-electron chi connectivity index (χ2n) is 3.44. The molecule has 0 radical (unpaired) electrons. The van der Waals surface area contributed by atoms with Gasteiger partial charge >= 0.3 is 5.97 Å². The number of aliphatic carboxylic acids is 1. The zero-order valence-electron chi connectivity index (χ0n) is 9.84. The molecule has 0 aliphatic heterocycles. The largest absolute Gasteiger partial charge is 0.497 e. The lowest BCUT2D eigenvalue weighted by atomic mass is 10.1. The summed E-state index contributed by atoms with van der Waals surface area (Å²) in [6, 6.07) is 5.50. The van der Waals surface area contributed by atoms with Crippen LogP contribution in [-0.2, 0) is 9.63 Å². The van der Waals surface area contributed by atoms with E-state index in [1.807, 2.05) is 12.1 Å². The monoisotopic (exact) mass is 265 g/mol. The van der Waals surface area contributed by atoms with E-state index >= 15 is 0 Å². The summed E-state index contributed by atoms with van der Waals surface area (Å²) in [5.74, 6) is -0.455. The smallest absolute Gasteiger partial charge is 0.358 e. The van der Waals surface area contributed by atoms with E-state index in [1.54, 1.807) is 18.6 Å². The van der Waals surface area contributed by atoms with Gasteiger partial charge in [0, 0.05) is 21.0 Å². The highest BCUT2D eigenvalue weighted by Crippen LogP contribution is 2.30. The minimum Gasteiger partial charge on any atom is -0.497 e. The molecule has 0 bridgehead atoms. The van der Waals surface area contributed by atoms with Crippen molar-refractivity contribution < 1.29 is 19.5 Å². The van der Waals surface area contributed by atoms with E-state index in [-0.39, 0.29) is 5.71 Å². The van der Waals surface area contributed by atoms with Gasteiger partial charge in [-0.15, -0.1) is 11.3 Å². The molecule has 1 aromatic carbocycles. The summed E-state index contributed by atoms with van der Waals surface area (Å²) in [5.41, 5.74) is 0.417. The summed E-state index contributed by atoms with van der Waals surface area (Å²) in [6.45, 7) is 0. The van der Waals surface area contributed by atoms with Gasteiger partial charge in [0.05, 0.1) is 7.11 Å². The highest BCUT2D eigenvalue weighted by atomic mass is 32.1. The number of carbonyl (C=O) groups is 1. The molecule has 2 aromatic rings. The summed E-state index contributed by atoms with van der Waals surface area (Å²) in [7, 11) is 2.88. The van der Waals surface area contributed by atoms with Crippen LogP contribution in [0.4, 0.5) is 0 Å². The first-order valence-electron chi connectivity index (χ1n) is 5.07. The van der Waals surface area contributed by atoms with Crippen molar-refractivity contribution in [3.63, 3.8) is 0 Å². The Morgan fingerprint density at radius 3 is 2.78 bits per heavy atom. The maximum absolute atomic E-state index is 11.1. The Morgan fingerprint density at radius 1 is 1.39 bits per heavy atom. The summed E-state index contributed by atoms with van der Waals surface area (Å²) in [4.78, 5) is 15.7. The molecule has 0 aliphatic rings. The predicted octanol–water partition coefficient (Wildman–Crippen LogP) is 2.35. The molecule has 0 unspecified atom stereocenters. The first-order chi connectivity index (χ1) is 8.67. The number of oxime groups is 1. The van der Waals surface area contributed by atoms with Crippen LogP contribution in [0.5, 0.6) is 5.75 Å². The molecule has 18 heavy (non-hydrogen) atoms. The quantitative estimate of drug-likeness (QED) is 0.680. The first-order valence-corrected chi connectivity index (χ1v) is 5.95. The van der Waals surface area contributed by atoms with E-state index in [0.717, 1.165) is 10.1 Å². The molecule has 0 spiro atoms. The molecule has 0 aliphatic carbocycles. The molecule has 1 aromatic heterocycles. The zero-order chi connectivity index (χ0) is 13.1. The molecule has 1 heterocycles. The summed E-state index contributed by atoms with van der Waals surface area (Å²) in [6.07, 6.45) is 0. The van der Waals surface area contributed by atoms with Gasteiger partial charge in [-0.1, -0.05) is 5.16 Å². The number of ether oxygens (including phenoxy) is 1. The van der Waals surface area contributed by atoms with Gasteiger partial charge < -0.3 is 14.7 Å². The second kappa shape index (κ2) is 5.05. The van der Waals surface area contributed by atoms with Crippen molar-refractivity contribution >= 4 is 33.1 Å². The van der Waals surface area contributed by atoms with Crippen molar-refractivity contribution in [1.82, 2.24) is 0 Å². The lowest BCUT2D eigenvalue weighted by molar-refractivity contribution is -0.129. The average Bonchev–Trinajstić information content (AvgIpc) is 2.78. The van der Waals surface area contributed by atoms with Gasteiger partial charge in [0.2, 0.25) is 0 Å². The van der Waals surface area contributed by atoms with Gasteiger partial charge in [-0.05, 0) is 18.2 Å². The number of thiophene rings is 1. The van der Waals surface area contributed by atoms with Crippen molar-refractivity contribution in [1.29, 1.82) is 0 Å². The van der Waals surface area contributed by atoms with E-state index in [4.69, 9.17) is 9.84 Å². The Balaban J connectivity index is 2.63. The summed E-state index contributed by atoms with van der Waals surface area (Å²) >= 11 is 1.45. The highest BCUT2D eigenvalue weighted by molar-refractivity contribution is 7.17. The predicted molar refractivity (Wildman–Crippen MR) is 69.6 cm³/mol. The van der Waals surface area contributed by atoms with Gasteiger partial charge in [-0.2, -0.15) is 0 Å². The lowest BCUT2D eigenvalue weighted by Gasteiger charge is -2.02. The highest BCUT2D eigenvalue weighted by Gasteiger charge is 2.18. The molecule has 5 nitrogen and oxygen atoms in total. The van der Waals surface area contributed by atoms with E-state index in [1.165, 1.54) is 18.4 Å². The fraction of sp³-hybridized carbons (Fsp3) is 0.167. The van der Waals surface area contributed by atoms with E-state index in [9.17, 15) is 4.79 Å². The van der Waals surface area contributed by atoms with Crippen molar-refractivity contribution in [3.05, 3.63) is 29.1 Å². The molecule has 0 atom stereocenters. The topological polar surface area (TPSA) is 68.1 Å². The van der Waals surface area contributed by atoms with E-state index in [2.05, 4.69) is 9.99 Å². The van der Waals surface area contributed by atoms with Crippen LogP contribution in [0.2, 0.25) is 0 Å². The molecular weight excluding hydrogens is 254 g/mol. The summed E-state index contributed by atoms with van der Waals surface area (Å²) in [5, 5.41) is 15.2. The minimum absolute atomic E-state index is 0.114. The van der Waals surface area contributed by atoms with Gasteiger partial charge in [0.1, 0.15) is 12.9 Å². The Kier molecular flexibility index (Phi) is 3.47. The fourth-order valence-electron chi connectivity index (χ4n) is 1.61. The maximum atomic E-state index is 11.1. The molecule has 94 valence electrons. The minimum atomic E-state index is -1.13. The van der Waals surface area contributed by atoms with Crippen molar-refractivity contribution in [3.8, 4) is 5.75 Å². The van der Waals surface area contributed by atoms with Gasteiger partial charge in [-0.3, -0.25) is 0 Å². The SMILES string of the molecule is CON=C(C(=O)O)c1csc2ccc(OC)cc12. The molecule has 0 saturated carbocycles. The van der Waals surface area contributed by atoms with Gasteiger partial charge in [0.15, 0.2) is 5.71 Å². The number of hydrogen-bond acceptors (Lipinski definition) is 5. The number of nitrogens with zero attached hydrogens (tertiary/aromatic N) is 1. The van der Waals surface area contributed by atoms with Crippen molar-refractivity contribution in [2.75, 3.05) is 14.2 Å². The van der Waals surface area contributed by atoms with Crippen LogP contribution in [0.25, 0.3) is 10.1 Å². The lowest BCUT2D eigenvalue weighted by Crippen LogP contribution is -2.14.